The largest absolute Gasteiger partial charge is 0.444 e. The number of halogens is 2. The molecule has 35 heavy (non-hydrogen) atoms. The van der Waals surface area contributed by atoms with Gasteiger partial charge in [0.05, 0.1) is 12.2 Å². The molecule has 1 aliphatic heterocycles. The van der Waals surface area contributed by atoms with E-state index in [4.69, 9.17) is 4.74 Å². The van der Waals surface area contributed by atoms with Crippen molar-refractivity contribution in [2.24, 2.45) is 4.99 Å². The number of hydrogen-bond donors (Lipinski definition) is 5. The summed E-state index contributed by atoms with van der Waals surface area (Å²) >= 11 is 0. The Morgan fingerprint density at radius 1 is 1.23 bits per heavy atom. The van der Waals surface area contributed by atoms with Crippen molar-refractivity contribution in [3.05, 3.63) is 59.4 Å². The Balaban J connectivity index is 1.85. The average Bonchev–Trinajstić information content (AvgIpc) is 2.75. The molecule has 1 atom stereocenters. The summed E-state index contributed by atoms with van der Waals surface area (Å²) in [6.45, 7) is 5.38. The first kappa shape index (κ1) is 26.0. The molecular weight excluding hydrogens is 462 g/mol. The summed E-state index contributed by atoms with van der Waals surface area (Å²) in [7, 11) is 1.41. The summed E-state index contributed by atoms with van der Waals surface area (Å²) in [5.74, 6) is -1.92. The maximum atomic E-state index is 15.0. The molecule has 0 saturated carbocycles. The lowest BCUT2D eigenvalue weighted by Crippen LogP contribution is -2.66. The average molecular weight is 491 g/mol. The maximum absolute atomic E-state index is 15.0. The van der Waals surface area contributed by atoms with Crippen molar-refractivity contribution in [2.75, 3.05) is 25.5 Å². The molecule has 0 spiro atoms. The Kier molecular flexibility index (Phi) is 7.66. The molecule has 0 aliphatic carbocycles. The predicted molar refractivity (Wildman–Crippen MR) is 125 cm³/mol. The molecule has 1 aromatic heterocycles. The highest BCUT2D eigenvalue weighted by atomic mass is 19.1. The molecule has 2 amide bonds. The lowest BCUT2D eigenvalue weighted by Gasteiger charge is -2.44. The Morgan fingerprint density at radius 2 is 1.94 bits per heavy atom. The molecule has 1 aromatic carbocycles. The second-order valence-electron chi connectivity index (χ2n) is 9.04. The standard InChI is InChI=1S/C23H28F2N6O4/c1-22(2,3)35-21(33)31-20(26-4)30-18(23(34)11-27-12-23)15-9-14(6-7-16(15)25)29-19(32)17-8-5-13(24)10-28-17/h5-10,18,27,34H,11-12H2,1-4H3,(H,29,32)(H2,26,30,31,33). The van der Waals surface area contributed by atoms with Gasteiger partial charge in [-0.1, -0.05) is 0 Å². The van der Waals surface area contributed by atoms with Gasteiger partial charge in [0, 0.05) is 31.4 Å². The van der Waals surface area contributed by atoms with Crippen molar-refractivity contribution in [3.63, 3.8) is 0 Å². The number of ether oxygens (including phenoxy) is 1. The smallest absolute Gasteiger partial charge is 0.414 e. The molecule has 2 heterocycles. The van der Waals surface area contributed by atoms with Gasteiger partial charge in [-0.3, -0.25) is 15.1 Å². The van der Waals surface area contributed by atoms with Gasteiger partial charge in [-0.15, -0.1) is 0 Å². The third-order valence-corrected chi connectivity index (χ3v) is 5.05. The lowest BCUT2D eigenvalue weighted by molar-refractivity contribution is -0.0402. The quantitative estimate of drug-likeness (QED) is 0.320. The van der Waals surface area contributed by atoms with Gasteiger partial charge in [-0.05, 0) is 51.1 Å². The third-order valence-electron chi connectivity index (χ3n) is 5.05. The van der Waals surface area contributed by atoms with Crippen molar-refractivity contribution in [1.82, 2.24) is 20.9 Å². The molecule has 5 N–H and O–H groups in total. The topological polar surface area (TPSA) is 137 Å². The minimum Gasteiger partial charge on any atom is -0.444 e. The van der Waals surface area contributed by atoms with Crippen LogP contribution in [0.15, 0.2) is 41.5 Å². The van der Waals surface area contributed by atoms with Crippen molar-refractivity contribution in [2.45, 2.75) is 38.0 Å². The van der Waals surface area contributed by atoms with Crippen LogP contribution >= 0.6 is 0 Å². The van der Waals surface area contributed by atoms with E-state index in [-0.39, 0.29) is 36.0 Å². The van der Waals surface area contributed by atoms with Crippen LogP contribution in [-0.4, -0.2) is 59.4 Å². The van der Waals surface area contributed by atoms with E-state index in [1.165, 1.54) is 25.2 Å². The summed E-state index contributed by atoms with van der Waals surface area (Å²) in [4.78, 5) is 32.4. The van der Waals surface area contributed by atoms with E-state index in [1.807, 2.05) is 0 Å². The summed E-state index contributed by atoms with van der Waals surface area (Å²) in [5, 5.41) is 21.9. The number of hydrogen-bond acceptors (Lipinski definition) is 7. The van der Waals surface area contributed by atoms with Crippen LogP contribution in [-0.2, 0) is 4.74 Å². The van der Waals surface area contributed by atoms with E-state index < -0.39 is 40.9 Å². The first-order valence-corrected chi connectivity index (χ1v) is 10.8. The monoisotopic (exact) mass is 490 g/mol. The van der Waals surface area contributed by atoms with Crippen molar-refractivity contribution in [1.29, 1.82) is 0 Å². The maximum Gasteiger partial charge on any atom is 0.414 e. The minimum absolute atomic E-state index is 0.0194. The number of carbonyl (C=O) groups excluding carboxylic acids is 2. The molecular formula is C23H28F2N6O4. The molecule has 1 fully saturated rings. The van der Waals surface area contributed by atoms with Crippen molar-refractivity contribution in [3.8, 4) is 0 Å². The molecule has 1 unspecified atom stereocenters. The Bertz CT molecular complexity index is 1110. The zero-order valence-electron chi connectivity index (χ0n) is 19.8. The number of aliphatic hydroxyl groups is 1. The van der Waals surface area contributed by atoms with E-state index in [0.29, 0.717) is 0 Å². The van der Waals surface area contributed by atoms with Crippen LogP contribution < -0.4 is 21.3 Å². The van der Waals surface area contributed by atoms with Gasteiger partial charge in [-0.25, -0.2) is 18.6 Å². The van der Waals surface area contributed by atoms with Crippen LogP contribution in [0.4, 0.5) is 19.3 Å². The molecule has 0 bridgehead atoms. The van der Waals surface area contributed by atoms with Crippen molar-refractivity contribution >= 4 is 23.6 Å². The molecule has 10 nitrogen and oxygen atoms in total. The molecule has 2 aromatic rings. The van der Waals surface area contributed by atoms with Crippen LogP contribution in [0.5, 0.6) is 0 Å². The second-order valence-corrected chi connectivity index (χ2v) is 9.04. The Labute approximate surface area is 201 Å². The highest BCUT2D eigenvalue weighted by molar-refractivity contribution is 6.02. The number of nitrogens with zero attached hydrogens (tertiary/aromatic N) is 2. The van der Waals surface area contributed by atoms with Gasteiger partial charge >= 0.3 is 6.09 Å². The number of aliphatic imine (C=N–C) groups is 1. The van der Waals surface area contributed by atoms with Gasteiger partial charge in [0.25, 0.3) is 5.91 Å². The predicted octanol–water partition coefficient (Wildman–Crippen LogP) is 2.09. The number of aromatic nitrogens is 1. The van der Waals surface area contributed by atoms with E-state index in [9.17, 15) is 23.5 Å². The Morgan fingerprint density at radius 3 is 2.49 bits per heavy atom. The number of rotatable bonds is 5. The number of benzene rings is 1. The molecule has 1 aliphatic rings. The number of alkyl carbamates (subject to hydrolysis) is 1. The number of carbonyl (C=O) groups is 2. The third kappa shape index (κ3) is 6.70. The van der Waals surface area contributed by atoms with Gasteiger partial charge < -0.3 is 25.8 Å². The molecule has 12 heteroatoms. The first-order chi connectivity index (χ1) is 16.4. The summed E-state index contributed by atoms with van der Waals surface area (Å²) in [6.07, 6.45) is 0.129. The summed E-state index contributed by atoms with van der Waals surface area (Å²) in [6, 6.07) is 5.09. The molecule has 0 radical (unpaired) electrons. The zero-order valence-corrected chi connectivity index (χ0v) is 19.8. The fourth-order valence-corrected chi connectivity index (χ4v) is 3.33. The van der Waals surface area contributed by atoms with Crippen LogP contribution in [0, 0.1) is 11.6 Å². The van der Waals surface area contributed by atoms with Gasteiger partial charge in [0.15, 0.2) is 0 Å². The second kappa shape index (κ2) is 10.3. The van der Waals surface area contributed by atoms with Crippen molar-refractivity contribution < 1.29 is 28.2 Å². The van der Waals surface area contributed by atoms with Crippen LogP contribution in [0.25, 0.3) is 0 Å². The molecule has 1 saturated heterocycles. The van der Waals surface area contributed by atoms with Gasteiger partial charge in [-0.2, -0.15) is 0 Å². The normalized spacial score (nSPS) is 16.0. The number of guanidine groups is 1. The fourth-order valence-electron chi connectivity index (χ4n) is 3.33. The SMILES string of the molecule is CN=C(NC(=O)OC(C)(C)C)NC(c1cc(NC(=O)c2ccc(F)cn2)ccc1F)C1(O)CNC1. The first-order valence-electron chi connectivity index (χ1n) is 10.8. The number of nitrogens with one attached hydrogen (secondary N) is 4. The summed E-state index contributed by atoms with van der Waals surface area (Å²) in [5.41, 5.74) is -1.97. The van der Waals surface area contributed by atoms with E-state index in [0.717, 1.165) is 18.3 Å². The fraction of sp³-hybridized carbons (Fsp3) is 0.391. The number of β-amino-alcohol motifs (C(OH)–C–C–N with tert-alkyl or cyclic N) is 1. The Hall–Kier alpha value is -3.64. The van der Waals surface area contributed by atoms with Crippen LogP contribution in [0.2, 0.25) is 0 Å². The lowest BCUT2D eigenvalue weighted by atomic mass is 9.83. The van der Waals surface area contributed by atoms with Gasteiger partial charge in [0.1, 0.15) is 28.5 Å². The molecule has 3 rings (SSSR count). The van der Waals surface area contributed by atoms with Crippen LogP contribution in [0.3, 0.4) is 0 Å². The minimum atomic E-state index is -1.42. The number of amides is 2. The van der Waals surface area contributed by atoms with E-state index >= 15 is 0 Å². The van der Waals surface area contributed by atoms with Crippen LogP contribution in [0.1, 0.15) is 42.9 Å². The van der Waals surface area contributed by atoms with E-state index in [1.54, 1.807) is 20.8 Å². The number of anilines is 1. The molecule has 188 valence electrons. The summed E-state index contributed by atoms with van der Waals surface area (Å²) < 4.78 is 33.3. The highest BCUT2D eigenvalue weighted by Crippen LogP contribution is 2.32. The van der Waals surface area contributed by atoms with E-state index in [2.05, 4.69) is 31.2 Å². The number of pyridine rings is 1. The van der Waals surface area contributed by atoms with Gasteiger partial charge in [0.2, 0.25) is 5.96 Å². The zero-order chi connectivity index (χ0) is 25.8. The highest BCUT2D eigenvalue weighted by Gasteiger charge is 2.45.